The molecule has 0 bridgehead atoms. The van der Waals surface area contributed by atoms with Gasteiger partial charge in [0.1, 0.15) is 5.41 Å². The quantitative estimate of drug-likeness (QED) is 0.804. The van der Waals surface area contributed by atoms with Crippen LogP contribution in [0.2, 0.25) is 0 Å². The Balaban J connectivity index is 2.46. The zero-order valence-corrected chi connectivity index (χ0v) is 9.78. The third-order valence-corrected chi connectivity index (χ3v) is 4.07. The predicted molar refractivity (Wildman–Crippen MR) is 63.9 cm³/mol. The molecule has 0 aliphatic heterocycles. The number of rotatable bonds is 2. The van der Waals surface area contributed by atoms with Gasteiger partial charge in [0.05, 0.1) is 5.38 Å². The smallest absolute Gasteiger partial charge is 0.315 e. The molecule has 1 fully saturated rings. The molecule has 1 saturated carbocycles. The van der Waals surface area contributed by atoms with E-state index in [0.717, 1.165) is 24.8 Å². The van der Waals surface area contributed by atoms with Crippen LogP contribution in [-0.4, -0.2) is 16.5 Å². The fraction of sp³-hybridized carbons (Fsp3) is 0.462. The number of aliphatic carboxylic acids is 1. The van der Waals surface area contributed by atoms with Gasteiger partial charge >= 0.3 is 5.97 Å². The number of carboxylic acid groups (broad SMARTS) is 1. The normalized spacial score (nSPS) is 29.9. The van der Waals surface area contributed by atoms with Crippen LogP contribution in [0.15, 0.2) is 30.3 Å². The van der Waals surface area contributed by atoms with Crippen LogP contribution >= 0.6 is 11.6 Å². The van der Waals surface area contributed by atoms with Crippen LogP contribution in [0, 0.1) is 0 Å². The van der Waals surface area contributed by atoms with E-state index in [1.165, 1.54) is 0 Å². The SMILES string of the molecule is O=C(O)C1(c2ccccc2)CCCCC1Cl. The Hall–Kier alpha value is -1.02. The lowest BCUT2D eigenvalue weighted by atomic mass is 9.69. The van der Waals surface area contributed by atoms with Gasteiger partial charge in [0, 0.05) is 0 Å². The Labute approximate surface area is 100 Å². The second-order valence-corrected chi connectivity index (χ2v) is 4.88. The lowest BCUT2D eigenvalue weighted by Crippen LogP contribution is -2.46. The Morgan fingerprint density at radius 3 is 2.56 bits per heavy atom. The first kappa shape index (κ1) is 11.5. The summed E-state index contributed by atoms with van der Waals surface area (Å²) in [7, 11) is 0. The first-order valence-corrected chi connectivity index (χ1v) is 6.04. The van der Waals surface area contributed by atoms with Crippen molar-refractivity contribution in [1.82, 2.24) is 0 Å². The van der Waals surface area contributed by atoms with E-state index in [0.29, 0.717) is 6.42 Å². The largest absolute Gasteiger partial charge is 0.481 e. The second kappa shape index (κ2) is 4.46. The molecule has 3 heteroatoms. The molecule has 0 radical (unpaired) electrons. The van der Waals surface area contributed by atoms with Crippen LogP contribution in [0.25, 0.3) is 0 Å². The highest BCUT2D eigenvalue weighted by atomic mass is 35.5. The molecule has 0 saturated heterocycles. The van der Waals surface area contributed by atoms with E-state index in [4.69, 9.17) is 11.6 Å². The molecule has 2 rings (SSSR count). The van der Waals surface area contributed by atoms with E-state index in [-0.39, 0.29) is 5.38 Å². The van der Waals surface area contributed by atoms with Crippen molar-refractivity contribution in [2.45, 2.75) is 36.5 Å². The van der Waals surface area contributed by atoms with Crippen molar-refractivity contribution in [3.05, 3.63) is 35.9 Å². The van der Waals surface area contributed by atoms with Gasteiger partial charge in [0.2, 0.25) is 0 Å². The second-order valence-electron chi connectivity index (χ2n) is 4.36. The van der Waals surface area contributed by atoms with Gasteiger partial charge in [0.25, 0.3) is 0 Å². The number of hydrogen-bond donors (Lipinski definition) is 1. The molecule has 1 aromatic rings. The van der Waals surface area contributed by atoms with Gasteiger partial charge in [-0.2, -0.15) is 0 Å². The van der Waals surface area contributed by atoms with Gasteiger partial charge in [-0.1, -0.05) is 43.2 Å². The Bertz CT molecular complexity index is 377. The summed E-state index contributed by atoms with van der Waals surface area (Å²) in [5.41, 5.74) is -0.0525. The summed E-state index contributed by atoms with van der Waals surface area (Å²) in [5, 5.41) is 9.22. The lowest BCUT2D eigenvalue weighted by Gasteiger charge is -2.37. The molecule has 2 unspecified atom stereocenters. The molecule has 0 heterocycles. The summed E-state index contributed by atoms with van der Waals surface area (Å²) in [5.74, 6) is -0.793. The van der Waals surface area contributed by atoms with E-state index in [1.54, 1.807) is 0 Å². The van der Waals surface area contributed by atoms with E-state index < -0.39 is 11.4 Å². The summed E-state index contributed by atoms with van der Waals surface area (Å²) >= 11 is 6.29. The van der Waals surface area contributed by atoms with Crippen molar-refractivity contribution in [3.63, 3.8) is 0 Å². The molecular formula is C13H15ClO2. The third-order valence-electron chi connectivity index (χ3n) is 3.48. The zero-order chi connectivity index (χ0) is 11.6. The van der Waals surface area contributed by atoms with E-state index >= 15 is 0 Å². The molecular weight excluding hydrogens is 224 g/mol. The van der Waals surface area contributed by atoms with Crippen LogP contribution in [-0.2, 0) is 10.2 Å². The molecule has 1 aromatic carbocycles. The Morgan fingerprint density at radius 2 is 2.00 bits per heavy atom. The van der Waals surface area contributed by atoms with Crippen LogP contribution in [0.4, 0.5) is 0 Å². The summed E-state index contributed by atoms with van der Waals surface area (Å²) in [6.07, 6.45) is 3.38. The average molecular weight is 239 g/mol. The third kappa shape index (κ3) is 1.71. The number of carboxylic acids is 1. The van der Waals surface area contributed by atoms with Crippen molar-refractivity contribution in [1.29, 1.82) is 0 Å². The van der Waals surface area contributed by atoms with Crippen molar-refractivity contribution < 1.29 is 9.90 Å². The van der Waals surface area contributed by atoms with Gasteiger partial charge in [-0.3, -0.25) is 4.79 Å². The van der Waals surface area contributed by atoms with Crippen LogP contribution in [0.3, 0.4) is 0 Å². The van der Waals surface area contributed by atoms with Crippen molar-refractivity contribution in [2.24, 2.45) is 0 Å². The fourth-order valence-electron chi connectivity index (χ4n) is 2.56. The molecule has 86 valence electrons. The van der Waals surface area contributed by atoms with Gasteiger partial charge in [0.15, 0.2) is 0 Å². The molecule has 1 aliphatic carbocycles. The van der Waals surface area contributed by atoms with Gasteiger partial charge in [-0.25, -0.2) is 0 Å². The minimum absolute atomic E-state index is 0.304. The van der Waals surface area contributed by atoms with Gasteiger partial charge < -0.3 is 5.11 Å². The zero-order valence-electron chi connectivity index (χ0n) is 9.03. The van der Waals surface area contributed by atoms with Gasteiger partial charge in [-0.15, -0.1) is 11.6 Å². The highest BCUT2D eigenvalue weighted by molar-refractivity contribution is 6.23. The lowest BCUT2D eigenvalue weighted by molar-refractivity contribution is -0.145. The van der Waals surface area contributed by atoms with Gasteiger partial charge in [-0.05, 0) is 18.4 Å². The molecule has 1 aliphatic rings. The number of alkyl halides is 1. The van der Waals surface area contributed by atoms with Crippen LogP contribution < -0.4 is 0 Å². The minimum Gasteiger partial charge on any atom is -0.481 e. The summed E-state index contributed by atoms with van der Waals surface area (Å²) < 4.78 is 0. The number of halogens is 1. The summed E-state index contributed by atoms with van der Waals surface area (Å²) in [6.45, 7) is 0. The van der Waals surface area contributed by atoms with E-state index in [2.05, 4.69) is 0 Å². The molecule has 0 spiro atoms. The highest BCUT2D eigenvalue weighted by Gasteiger charge is 2.47. The molecule has 16 heavy (non-hydrogen) atoms. The number of hydrogen-bond acceptors (Lipinski definition) is 1. The molecule has 2 nitrogen and oxygen atoms in total. The molecule has 2 atom stereocenters. The first-order chi connectivity index (χ1) is 7.68. The summed E-state index contributed by atoms with van der Waals surface area (Å²) in [4.78, 5) is 11.6. The Kier molecular flexibility index (Phi) is 3.20. The van der Waals surface area contributed by atoms with E-state index in [9.17, 15) is 9.90 Å². The topological polar surface area (TPSA) is 37.3 Å². The number of benzene rings is 1. The number of carbonyl (C=O) groups is 1. The monoisotopic (exact) mass is 238 g/mol. The van der Waals surface area contributed by atoms with Crippen LogP contribution in [0.5, 0.6) is 0 Å². The maximum Gasteiger partial charge on any atom is 0.315 e. The average Bonchev–Trinajstić information content (AvgIpc) is 2.30. The summed E-state index contributed by atoms with van der Waals surface area (Å²) in [6, 6.07) is 9.38. The first-order valence-electron chi connectivity index (χ1n) is 5.61. The predicted octanol–water partition coefficient (Wildman–Crippen LogP) is 3.19. The van der Waals surface area contributed by atoms with Crippen molar-refractivity contribution in [3.8, 4) is 0 Å². The fourth-order valence-corrected chi connectivity index (χ4v) is 3.04. The molecule has 1 N–H and O–H groups in total. The Morgan fingerprint density at radius 1 is 1.31 bits per heavy atom. The highest BCUT2D eigenvalue weighted by Crippen LogP contribution is 2.42. The van der Waals surface area contributed by atoms with Crippen molar-refractivity contribution in [2.75, 3.05) is 0 Å². The van der Waals surface area contributed by atoms with E-state index in [1.807, 2.05) is 30.3 Å². The standard InChI is InChI=1S/C13H15ClO2/c14-11-8-4-5-9-13(11,12(15)16)10-6-2-1-3-7-10/h1-3,6-7,11H,4-5,8-9H2,(H,15,16). The molecule has 0 aromatic heterocycles. The maximum absolute atomic E-state index is 11.6. The minimum atomic E-state index is -0.888. The van der Waals surface area contributed by atoms with Crippen molar-refractivity contribution >= 4 is 17.6 Å². The van der Waals surface area contributed by atoms with Crippen LogP contribution in [0.1, 0.15) is 31.2 Å². The molecule has 0 amide bonds. The maximum atomic E-state index is 11.6.